The summed E-state index contributed by atoms with van der Waals surface area (Å²) >= 11 is 0. The fourth-order valence-corrected chi connectivity index (χ4v) is 2.34. The Balaban J connectivity index is 2.59. The standard InChI is InChI=1S/C14H22O/c1-11(2)7-14-9-12(3)8-13(10-14)5-4-6-15/h6,8,10-11,14H,4-5,7,9H2,1-3H3. The lowest BCUT2D eigenvalue weighted by molar-refractivity contribution is -0.107. The van der Waals surface area contributed by atoms with Crippen molar-refractivity contribution >= 4 is 6.29 Å². The molecule has 0 spiro atoms. The summed E-state index contributed by atoms with van der Waals surface area (Å²) in [5.74, 6) is 1.45. The molecule has 1 nitrogen and oxygen atoms in total. The minimum atomic E-state index is 0.657. The molecule has 0 aromatic carbocycles. The van der Waals surface area contributed by atoms with Gasteiger partial charge in [-0.15, -0.1) is 0 Å². The van der Waals surface area contributed by atoms with Gasteiger partial charge in [-0.2, -0.15) is 0 Å². The molecule has 0 bridgehead atoms. The lowest BCUT2D eigenvalue weighted by Gasteiger charge is -2.21. The molecule has 84 valence electrons. The van der Waals surface area contributed by atoms with E-state index in [2.05, 4.69) is 32.9 Å². The van der Waals surface area contributed by atoms with Crippen LogP contribution >= 0.6 is 0 Å². The van der Waals surface area contributed by atoms with E-state index in [0.717, 1.165) is 18.6 Å². The zero-order valence-electron chi connectivity index (χ0n) is 10.1. The molecule has 0 heterocycles. The molecule has 1 aliphatic carbocycles. The third-order valence-electron chi connectivity index (χ3n) is 2.79. The maximum absolute atomic E-state index is 10.3. The highest BCUT2D eigenvalue weighted by molar-refractivity contribution is 5.50. The van der Waals surface area contributed by atoms with Crippen LogP contribution in [-0.2, 0) is 4.79 Å². The van der Waals surface area contributed by atoms with Gasteiger partial charge in [-0.05, 0) is 38.0 Å². The Morgan fingerprint density at radius 1 is 1.53 bits per heavy atom. The first-order valence-electron chi connectivity index (χ1n) is 5.93. The molecular weight excluding hydrogens is 184 g/mol. The largest absolute Gasteiger partial charge is 0.303 e. The van der Waals surface area contributed by atoms with Crippen LogP contribution in [0.4, 0.5) is 0 Å². The van der Waals surface area contributed by atoms with E-state index in [1.807, 2.05) is 0 Å². The molecule has 0 aliphatic heterocycles. The number of hydrogen-bond donors (Lipinski definition) is 0. The lowest BCUT2D eigenvalue weighted by Crippen LogP contribution is -2.07. The van der Waals surface area contributed by atoms with Crippen molar-refractivity contribution in [3.63, 3.8) is 0 Å². The molecule has 0 aromatic rings. The Bertz CT molecular complexity index is 271. The van der Waals surface area contributed by atoms with Gasteiger partial charge >= 0.3 is 0 Å². The average Bonchev–Trinajstić information content (AvgIpc) is 2.12. The van der Waals surface area contributed by atoms with E-state index in [1.165, 1.54) is 24.0 Å². The summed E-state index contributed by atoms with van der Waals surface area (Å²) in [6, 6.07) is 0. The summed E-state index contributed by atoms with van der Waals surface area (Å²) in [5.41, 5.74) is 2.82. The van der Waals surface area contributed by atoms with Gasteiger partial charge in [0.05, 0.1) is 0 Å². The smallest absolute Gasteiger partial charge is 0.120 e. The summed E-state index contributed by atoms with van der Waals surface area (Å²) in [6.07, 6.45) is 9.66. The van der Waals surface area contributed by atoms with Crippen molar-refractivity contribution in [1.82, 2.24) is 0 Å². The fourth-order valence-electron chi connectivity index (χ4n) is 2.34. The second-order valence-electron chi connectivity index (χ2n) is 5.03. The van der Waals surface area contributed by atoms with Gasteiger partial charge in [0, 0.05) is 6.42 Å². The minimum Gasteiger partial charge on any atom is -0.303 e. The SMILES string of the molecule is CC1=CC(CCC=O)=CC(CC(C)C)C1. The van der Waals surface area contributed by atoms with Crippen molar-refractivity contribution in [2.24, 2.45) is 11.8 Å². The molecule has 1 heteroatoms. The van der Waals surface area contributed by atoms with E-state index < -0.39 is 0 Å². The van der Waals surface area contributed by atoms with E-state index in [0.29, 0.717) is 12.3 Å². The molecule has 1 aliphatic rings. The van der Waals surface area contributed by atoms with Gasteiger partial charge in [0.15, 0.2) is 0 Å². The van der Waals surface area contributed by atoms with Crippen molar-refractivity contribution in [1.29, 1.82) is 0 Å². The lowest BCUT2D eigenvalue weighted by atomic mass is 9.84. The summed E-state index contributed by atoms with van der Waals surface area (Å²) in [4.78, 5) is 10.3. The molecule has 1 rings (SSSR count). The van der Waals surface area contributed by atoms with Crippen molar-refractivity contribution < 1.29 is 4.79 Å². The maximum Gasteiger partial charge on any atom is 0.120 e. The van der Waals surface area contributed by atoms with Gasteiger partial charge in [0.2, 0.25) is 0 Å². The van der Waals surface area contributed by atoms with Crippen LogP contribution in [-0.4, -0.2) is 6.29 Å². The minimum absolute atomic E-state index is 0.657. The third kappa shape index (κ3) is 4.46. The highest BCUT2D eigenvalue weighted by atomic mass is 16.1. The van der Waals surface area contributed by atoms with Crippen LogP contribution in [0, 0.1) is 11.8 Å². The molecule has 1 atom stereocenters. The number of hydrogen-bond acceptors (Lipinski definition) is 1. The molecule has 0 N–H and O–H groups in total. The third-order valence-corrected chi connectivity index (χ3v) is 2.79. The van der Waals surface area contributed by atoms with E-state index in [9.17, 15) is 4.79 Å². The zero-order chi connectivity index (χ0) is 11.3. The Morgan fingerprint density at radius 3 is 2.87 bits per heavy atom. The highest BCUT2D eigenvalue weighted by Gasteiger charge is 2.14. The molecular formula is C14H22O. The second kappa shape index (κ2) is 5.89. The molecule has 0 radical (unpaired) electrons. The first-order chi connectivity index (χ1) is 7.11. The van der Waals surface area contributed by atoms with Crippen LogP contribution in [0.2, 0.25) is 0 Å². The van der Waals surface area contributed by atoms with E-state index in [4.69, 9.17) is 0 Å². The van der Waals surface area contributed by atoms with Crippen LogP contribution in [0.15, 0.2) is 23.3 Å². The van der Waals surface area contributed by atoms with Crippen LogP contribution < -0.4 is 0 Å². The predicted molar refractivity (Wildman–Crippen MR) is 64.7 cm³/mol. The Labute approximate surface area is 93.3 Å². The van der Waals surface area contributed by atoms with E-state index in [1.54, 1.807) is 0 Å². The van der Waals surface area contributed by atoms with Gasteiger partial charge in [-0.25, -0.2) is 0 Å². The number of carbonyl (C=O) groups is 1. The average molecular weight is 206 g/mol. The number of carbonyl (C=O) groups excluding carboxylic acids is 1. The van der Waals surface area contributed by atoms with Crippen LogP contribution in [0.5, 0.6) is 0 Å². The van der Waals surface area contributed by atoms with Crippen molar-refractivity contribution in [2.75, 3.05) is 0 Å². The molecule has 0 fully saturated rings. The molecule has 0 aromatic heterocycles. The Morgan fingerprint density at radius 2 is 2.27 bits per heavy atom. The second-order valence-corrected chi connectivity index (χ2v) is 5.03. The molecule has 1 unspecified atom stereocenters. The van der Waals surface area contributed by atoms with E-state index >= 15 is 0 Å². The van der Waals surface area contributed by atoms with Gasteiger partial charge in [0.1, 0.15) is 6.29 Å². The van der Waals surface area contributed by atoms with Crippen LogP contribution in [0.3, 0.4) is 0 Å². The number of allylic oxidation sites excluding steroid dienone is 4. The quantitative estimate of drug-likeness (QED) is 0.623. The van der Waals surface area contributed by atoms with Crippen LogP contribution in [0.25, 0.3) is 0 Å². The maximum atomic E-state index is 10.3. The topological polar surface area (TPSA) is 17.1 Å². The number of aldehydes is 1. The molecule has 0 amide bonds. The molecule has 0 saturated carbocycles. The monoisotopic (exact) mass is 206 g/mol. The normalized spacial score (nSPS) is 21.2. The van der Waals surface area contributed by atoms with Crippen molar-refractivity contribution in [3.8, 4) is 0 Å². The fraction of sp³-hybridized carbons (Fsp3) is 0.643. The number of rotatable bonds is 5. The summed E-state index contributed by atoms with van der Waals surface area (Å²) in [7, 11) is 0. The van der Waals surface area contributed by atoms with Gasteiger partial charge in [0.25, 0.3) is 0 Å². The van der Waals surface area contributed by atoms with Crippen molar-refractivity contribution in [3.05, 3.63) is 23.3 Å². The van der Waals surface area contributed by atoms with Gasteiger partial charge in [-0.3, -0.25) is 0 Å². The Hall–Kier alpha value is -0.850. The van der Waals surface area contributed by atoms with E-state index in [-0.39, 0.29) is 0 Å². The molecule has 0 saturated heterocycles. The molecule has 15 heavy (non-hydrogen) atoms. The highest BCUT2D eigenvalue weighted by Crippen LogP contribution is 2.28. The summed E-state index contributed by atoms with van der Waals surface area (Å²) in [5, 5.41) is 0. The summed E-state index contributed by atoms with van der Waals surface area (Å²) in [6.45, 7) is 6.74. The van der Waals surface area contributed by atoms with Crippen LogP contribution in [0.1, 0.15) is 46.5 Å². The zero-order valence-corrected chi connectivity index (χ0v) is 10.1. The summed E-state index contributed by atoms with van der Waals surface area (Å²) < 4.78 is 0. The Kier molecular flexibility index (Phi) is 4.80. The first kappa shape index (κ1) is 12.2. The van der Waals surface area contributed by atoms with Gasteiger partial charge in [-0.1, -0.05) is 37.1 Å². The predicted octanol–water partition coefficient (Wildman–Crippen LogP) is 3.90. The van der Waals surface area contributed by atoms with Gasteiger partial charge < -0.3 is 4.79 Å². The van der Waals surface area contributed by atoms with Crippen molar-refractivity contribution in [2.45, 2.75) is 46.5 Å². The first-order valence-corrected chi connectivity index (χ1v) is 5.93.